The van der Waals surface area contributed by atoms with E-state index in [0.29, 0.717) is 5.96 Å². The molecule has 5 heteroatoms. The Hall–Kier alpha value is -0.870. The number of nitrogens with zero attached hydrogens (tertiary/aromatic N) is 1. The van der Waals surface area contributed by atoms with Gasteiger partial charge in [-0.25, -0.2) is 8.78 Å². The summed E-state index contributed by atoms with van der Waals surface area (Å²) in [6, 6.07) is -0.0932. The molecule has 0 spiro atoms. The van der Waals surface area contributed by atoms with Crippen LogP contribution in [0.2, 0.25) is 0 Å². The van der Waals surface area contributed by atoms with E-state index < -0.39 is 5.92 Å². The van der Waals surface area contributed by atoms with Crippen molar-refractivity contribution in [2.75, 3.05) is 13.1 Å². The molecule has 1 heterocycles. The number of halogens is 2. The third kappa shape index (κ3) is 1.49. The quantitative estimate of drug-likeness (QED) is 0.602. The summed E-state index contributed by atoms with van der Waals surface area (Å²) >= 11 is 0. The molecule has 0 aromatic rings. The van der Waals surface area contributed by atoms with Gasteiger partial charge >= 0.3 is 0 Å². The predicted molar refractivity (Wildman–Crippen MR) is 41.4 cm³/mol. The fraction of sp³-hybridized carbons (Fsp3) is 0.857. The number of hydrogen-bond acceptors (Lipinski definition) is 3. The van der Waals surface area contributed by atoms with Crippen LogP contribution in [0.15, 0.2) is 4.99 Å². The van der Waals surface area contributed by atoms with Gasteiger partial charge < -0.3 is 10.6 Å². The van der Waals surface area contributed by atoms with Crippen molar-refractivity contribution in [2.24, 2.45) is 4.99 Å². The third-order valence-corrected chi connectivity index (χ3v) is 2.11. The van der Waals surface area contributed by atoms with Gasteiger partial charge in [0.15, 0.2) is 5.96 Å². The van der Waals surface area contributed by atoms with Crippen LogP contribution in [0.3, 0.4) is 0 Å². The molecule has 12 heavy (non-hydrogen) atoms. The van der Waals surface area contributed by atoms with Crippen molar-refractivity contribution in [2.45, 2.75) is 24.8 Å². The lowest BCUT2D eigenvalue weighted by Crippen LogP contribution is -2.52. The third-order valence-electron chi connectivity index (χ3n) is 2.11. The van der Waals surface area contributed by atoms with Gasteiger partial charge in [-0.3, -0.25) is 4.99 Å². The summed E-state index contributed by atoms with van der Waals surface area (Å²) in [7, 11) is 0. The number of nitrogens with one attached hydrogen (secondary N) is 2. The molecule has 1 aliphatic heterocycles. The van der Waals surface area contributed by atoms with Gasteiger partial charge in [-0.05, 0) is 0 Å². The van der Waals surface area contributed by atoms with Gasteiger partial charge in [-0.1, -0.05) is 0 Å². The van der Waals surface area contributed by atoms with Gasteiger partial charge in [0.25, 0.3) is 5.92 Å². The molecule has 0 radical (unpaired) electrons. The topological polar surface area (TPSA) is 36.4 Å². The van der Waals surface area contributed by atoms with Crippen LogP contribution in [0.5, 0.6) is 0 Å². The molecular formula is C7H11F2N3. The first-order valence-corrected chi connectivity index (χ1v) is 4.08. The Balaban J connectivity index is 1.76. The molecule has 1 saturated carbocycles. The average Bonchev–Trinajstić information content (AvgIpc) is 2.35. The summed E-state index contributed by atoms with van der Waals surface area (Å²) in [4.78, 5) is 4.05. The van der Waals surface area contributed by atoms with Crippen molar-refractivity contribution in [3.63, 3.8) is 0 Å². The fourth-order valence-electron chi connectivity index (χ4n) is 1.45. The van der Waals surface area contributed by atoms with Crippen LogP contribution in [-0.2, 0) is 0 Å². The van der Waals surface area contributed by atoms with Gasteiger partial charge in [0.1, 0.15) is 0 Å². The number of guanidine groups is 1. The van der Waals surface area contributed by atoms with Crippen LogP contribution in [0.25, 0.3) is 0 Å². The van der Waals surface area contributed by atoms with Gasteiger partial charge in [0.2, 0.25) is 0 Å². The summed E-state index contributed by atoms with van der Waals surface area (Å²) in [5.41, 5.74) is 0. The second-order valence-corrected chi connectivity index (χ2v) is 3.26. The van der Waals surface area contributed by atoms with E-state index in [1.54, 1.807) is 0 Å². The summed E-state index contributed by atoms with van der Waals surface area (Å²) in [6.07, 6.45) is -0.124. The molecule has 2 aliphatic rings. The molecule has 1 fully saturated rings. The second-order valence-electron chi connectivity index (χ2n) is 3.26. The van der Waals surface area contributed by atoms with Crippen LogP contribution >= 0.6 is 0 Å². The average molecular weight is 175 g/mol. The number of alkyl halides is 2. The number of rotatable bonds is 1. The molecule has 0 unspecified atom stereocenters. The Bertz CT molecular complexity index is 207. The predicted octanol–water partition coefficient (Wildman–Crippen LogP) is 0.333. The van der Waals surface area contributed by atoms with Crippen molar-refractivity contribution in [3.8, 4) is 0 Å². The van der Waals surface area contributed by atoms with E-state index in [1.807, 2.05) is 0 Å². The molecule has 2 rings (SSSR count). The van der Waals surface area contributed by atoms with E-state index in [9.17, 15) is 8.78 Å². The molecule has 0 atom stereocenters. The maximum atomic E-state index is 12.4. The smallest absolute Gasteiger partial charge is 0.252 e. The van der Waals surface area contributed by atoms with Gasteiger partial charge in [-0.2, -0.15) is 0 Å². The summed E-state index contributed by atoms with van der Waals surface area (Å²) in [5, 5.41) is 5.91. The SMILES string of the molecule is FC1(F)CC(NC2=NCCN2)C1. The molecule has 0 aromatic heterocycles. The van der Waals surface area contributed by atoms with Crippen molar-refractivity contribution in [1.29, 1.82) is 0 Å². The molecule has 0 bridgehead atoms. The molecule has 0 aromatic carbocycles. The zero-order chi connectivity index (χ0) is 8.60. The molecule has 0 amide bonds. The lowest BCUT2D eigenvalue weighted by atomic mass is 9.88. The molecular weight excluding hydrogens is 164 g/mol. The lowest BCUT2D eigenvalue weighted by molar-refractivity contribution is -0.0887. The van der Waals surface area contributed by atoms with Gasteiger partial charge in [0, 0.05) is 25.4 Å². The first-order chi connectivity index (χ1) is 5.66. The van der Waals surface area contributed by atoms with Gasteiger partial charge in [0.05, 0.1) is 6.54 Å². The highest BCUT2D eigenvalue weighted by Gasteiger charge is 2.45. The number of hydrogen-bond donors (Lipinski definition) is 2. The van der Waals surface area contributed by atoms with Crippen LogP contribution < -0.4 is 10.6 Å². The molecule has 3 nitrogen and oxygen atoms in total. The second kappa shape index (κ2) is 2.57. The zero-order valence-electron chi connectivity index (χ0n) is 6.61. The first kappa shape index (κ1) is 7.76. The molecule has 0 saturated heterocycles. The summed E-state index contributed by atoms with van der Waals surface area (Å²) in [6.45, 7) is 1.55. The van der Waals surface area contributed by atoms with Crippen molar-refractivity contribution in [1.82, 2.24) is 10.6 Å². The van der Waals surface area contributed by atoms with E-state index in [0.717, 1.165) is 13.1 Å². The first-order valence-electron chi connectivity index (χ1n) is 4.08. The highest BCUT2D eigenvalue weighted by molar-refractivity contribution is 5.81. The Labute approximate surface area is 69.2 Å². The lowest BCUT2D eigenvalue weighted by Gasteiger charge is -2.35. The highest BCUT2D eigenvalue weighted by atomic mass is 19.3. The van der Waals surface area contributed by atoms with E-state index in [-0.39, 0.29) is 18.9 Å². The van der Waals surface area contributed by atoms with E-state index in [4.69, 9.17) is 0 Å². The maximum Gasteiger partial charge on any atom is 0.252 e. The largest absolute Gasteiger partial charge is 0.355 e. The fourth-order valence-corrected chi connectivity index (χ4v) is 1.45. The molecule has 68 valence electrons. The van der Waals surface area contributed by atoms with E-state index in [1.165, 1.54) is 0 Å². The minimum Gasteiger partial charge on any atom is -0.355 e. The number of aliphatic imine (C=N–C) groups is 1. The van der Waals surface area contributed by atoms with Crippen LogP contribution in [0.1, 0.15) is 12.8 Å². The molecule has 1 aliphatic carbocycles. The van der Waals surface area contributed by atoms with Crippen molar-refractivity contribution < 1.29 is 8.78 Å². The van der Waals surface area contributed by atoms with E-state index in [2.05, 4.69) is 15.6 Å². The van der Waals surface area contributed by atoms with E-state index >= 15 is 0 Å². The summed E-state index contributed by atoms with van der Waals surface area (Å²) in [5.74, 6) is -1.77. The Kier molecular flexibility index (Phi) is 1.66. The van der Waals surface area contributed by atoms with Crippen molar-refractivity contribution in [3.05, 3.63) is 0 Å². The van der Waals surface area contributed by atoms with Gasteiger partial charge in [-0.15, -0.1) is 0 Å². The Morgan fingerprint density at radius 1 is 1.50 bits per heavy atom. The zero-order valence-corrected chi connectivity index (χ0v) is 6.61. The van der Waals surface area contributed by atoms with Crippen LogP contribution in [-0.4, -0.2) is 31.0 Å². The standard InChI is InChI=1S/C7H11F2N3/c8-7(9)3-5(4-7)12-6-10-1-2-11-6/h5H,1-4H2,(H2,10,11,12). The normalized spacial score (nSPS) is 27.3. The Morgan fingerprint density at radius 2 is 2.25 bits per heavy atom. The van der Waals surface area contributed by atoms with Crippen LogP contribution in [0, 0.1) is 0 Å². The highest BCUT2D eigenvalue weighted by Crippen LogP contribution is 2.37. The Morgan fingerprint density at radius 3 is 2.75 bits per heavy atom. The monoisotopic (exact) mass is 175 g/mol. The minimum absolute atomic E-state index is 0.0618. The summed E-state index contributed by atoms with van der Waals surface area (Å²) < 4.78 is 24.7. The van der Waals surface area contributed by atoms with Crippen LogP contribution in [0.4, 0.5) is 8.78 Å². The van der Waals surface area contributed by atoms with Crippen molar-refractivity contribution >= 4 is 5.96 Å². The maximum absolute atomic E-state index is 12.4. The minimum atomic E-state index is -2.45. The molecule has 2 N–H and O–H groups in total.